The van der Waals surface area contributed by atoms with Crippen molar-refractivity contribution in [2.24, 2.45) is 0 Å². The molecule has 0 radical (unpaired) electrons. The van der Waals surface area contributed by atoms with E-state index in [0.29, 0.717) is 0 Å². The van der Waals surface area contributed by atoms with Crippen LogP contribution in [0.1, 0.15) is 31.9 Å². The zero-order chi connectivity index (χ0) is 15.7. The van der Waals surface area contributed by atoms with E-state index in [0.717, 1.165) is 17.7 Å². The first-order chi connectivity index (χ1) is 10.5. The smallest absolute Gasteiger partial charge is 0.144 e. The molecule has 2 nitrogen and oxygen atoms in total. The minimum atomic E-state index is 0.196. The van der Waals surface area contributed by atoms with Crippen LogP contribution in [0.5, 0.6) is 5.75 Å². The highest BCUT2D eigenvalue weighted by Gasteiger charge is 2.13. The van der Waals surface area contributed by atoms with Gasteiger partial charge in [0.05, 0.1) is 12.6 Å². The highest BCUT2D eigenvalue weighted by atomic mass is 16.5. The van der Waals surface area contributed by atoms with Gasteiger partial charge < -0.3 is 9.30 Å². The molecule has 0 unspecified atom stereocenters. The van der Waals surface area contributed by atoms with Gasteiger partial charge in [-0.1, -0.05) is 57.2 Å². The Labute approximate surface area is 132 Å². The maximum absolute atomic E-state index is 5.49. The summed E-state index contributed by atoms with van der Waals surface area (Å²) in [6, 6.07) is 17.3. The van der Waals surface area contributed by atoms with Gasteiger partial charge in [0.2, 0.25) is 0 Å². The molecule has 0 fully saturated rings. The molecule has 0 aliphatic rings. The number of methoxy groups -OCH3 is 1. The van der Waals surface area contributed by atoms with E-state index in [2.05, 4.69) is 74.0 Å². The van der Waals surface area contributed by atoms with Crippen molar-refractivity contribution in [3.8, 4) is 5.75 Å². The Morgan fingerprint density at radius 2 is 1.64 bits per heavy atom. The summed E-state index contributed by atoms with van der Waals surface area (Å²) in [5.74, 6) is 0.932. The third-order valence-corrected chi connectivity index (χ3v) is 4.14. The Balaban J connectivity index is 1.93. The molecule has 0 bridgehead atoms. The first-order valence-corrected chi connectivity index (χ1v) is 7.70. The van der Waals surface area contributed by atoms with Crippen LogP contribution in [0.3, 0.4) is 0 Å². The number of rotatable bonds is 3. The fourth-order valence-electron chi connectivity index (χ4n) is 2.81. The maximum Gasteiger partial charge on any atom is 0.144 e. The monoisotopic (exact) mass is 293 g/mol. The van der Waals surface area contributed by atoms with Crippen LogP contribution in [0, 0.1) is 0 Å². The zero-order valence-electron chi connectivity index (χ0n) is 13.8. The van der Waals surface area contributed by atoms with Crippen LogP contribution < -0.4 is 4.74 Å². The summed E-state index contributed by atoms with van der Waals surface area (Å²) in [7, 11) is 1.73. The van der Waals surface area contributed by atoms with E-state index >= 15 is 0 Å². The van der Waals surface area contributed by atoms with Crippen molar-refractivity contribution in [1.29, 1.82) is 0 Å². The van der Waals surface area contributed by atoms with Gasteiger partial charge in [0.1, 0.15) is 5.75 Å². The van der Waals surface area contributed by atoms with Crippen LogP contribution in [0.2, 0.25) is 0 Å². The summed E-state index contributed by atoms with van der Waals surface area (Å²) < 4.78 is 7.74. The molecular weight excluding hydrogens is 270 g/mol. The molecule has 1 aromatic heterocycles. The molecule has 0 spiro atoms. The van der Waals surface area contributed by atoms with E-state index in [9.17, 15) is 0 Å². The second-order valence-electron chi connectivity index (χ2n) is 6.79. The molecule has 1 heterocycles. The number of hydrogen-bond donors (Lipinski definition) is 0. The first-order valence-electron chi connectivity index (χ1n) is 7.70. The number of hydrogen-bond acceptors (Lipinski definition) is 1. The van der Waals surface area contributed by atoms with E-state index < -0.39 is 0 Å². The zero-order valence-corrected chi connectivity index (χ0v) is 13.8. The summed E-state index contributed by atoms with van der Waals surface area (Å²) >= 11 is 0. The fraction of sp³-hybridized carbons (Fsp3) is 0.300. The molecule has 0 atom stereocenters. The lowest BCUT2D eigenvalue weighted by Gasteiger charge is -2.19. The molecule has 0 saturated carbocycles. The minimum absolute atomic E-state index is 0.196. The van der Waals surface area contributed by atoms with Gasteiger partial charge in [-0.3, -0.25) is 0 Å². The highest BCUT2D eigenvalue weighted by Crippen LogP contribution is 2.28. The lowest BCUT2D eigenvalue weighted by atomic mass is 9.87. The first kappa shape index (κ1) is 14.7. The average molecular weight is 293 g/mol. The Hall–Kier alpha value is -2.22. The molecule has 3 aromatic rings. The summed E-state index contributed by atoms with van der Waals surface area (Å²) in [4.78, 5) is 0. The van der Waals surface area contributed by atoms with Gasteiger partial charge in [-0.05, 0) is 28.7 Å². The SMILES string of the molecule is COc1cn(Cc2ccc(C(C)(C)C)cc2)c2ccccc12. The summed E-state index contributed by atoms with van der Waals surface area (Å²) in [6.45, 7) is 7.58. The normalized spacial score (nSPS) is 11.8. The summed E-state index contributed by atoms with van der Waals surface area (Å²) in [5, 5.41) is 1.16. The third-order valence-electron chi connectivity index (χ3n) is 4.14. The second-order valence-corrected chi connectivity index (χ2v) is 6.79. The molecule has 0 amide bonds. The number of para-hydroxylation sites is 1. The lowest BCUT2D eigenvalue weighted by molar-refractivity contribution is 0.418. The molecule has 0 saturated heterocycles. The van der Waals surface area contributed by atoms with Crippen molar-refractivity contribution in [1.82, 2.24) is 4.57 Å². The Morgan fingerprint density at radius 3 is 2.27 bits per heavy atom. The molecule has 0 N–H and O–H groups in total. The van der Waals surface area contributed by atoms with E-state index in [1.165, 1.54) is 16.6 Å². The van der Waals surface area contributed by atoms with Gasteiger partial charge in [-0.2, -0.15) is 0 Å². The quantitative estimate of drug-likeness (QED) is 0.663. The number of nitrogens with zero attached hydrogens (tertiary/aromatic N) is 1. The van der Waals surface area contributed by atoms with Crippen molar-refractivity contribution in [3.05, 3.63) is 65.9 Å². The largest absolute Gasteiger partial charge is 0.495 e. The summed E-state index contributed by atoms with van der Waals surface area (Å²) in [5.41, 5.74) is 4.07. The van der Waals surface area contributed by atoms with E-state index in [1.807, 2.05) is 6.07 Å². The molecule has 3 rings (SSSR count). The van der Waals surface area contributed by atoms with Crippen LogP contribution in [0.25, 0.3) is 10.9 Å². The molecule has 2 aromatic carbocycles. The molecule has 0 aliphatic heterocycles. The Kier molecular flexibility index (Phi) is 3.69. The number of ether oxygens (including phenoxy) is 1. The Morgan fingerprint density at radius 1 is 0.955 bits per heavy atom. The predicted molar refractivity (Wildman–Crippen MR) is 92.7 cm³/mol. The maximum atomic E-state index is 5.49. The highest BCUT2D eigenvalue weighted by molar-refractivity contribution is 5.86. The van der Waals surface area contributed by atoms with Crippen molar-refractivity contribution >= 4 is 10.9 Å². The summed E-state index contributed by atoms with van der Waals surface area (Å²) in [6.07, 6.45) is 2.09. The van der Waals surface area contributed by atoms with Gasteiger partial charge in [0.15, 0.2) is 0 Å². The molecule has 22 heavy (non-hydrogen) atoms. The van der Waals surface area contributed by atoms with E-state index in [-0.39, 0.29) is 5.41 Å². The minimum Gasteiger partial charge on any atom is -0.495 e. The van der Waals surface area contributed by atoms with E-state index in [4.69, 9.17) is 4.74 Å². The van der Waals surface area contributed by atoms with E-state index in [1.54, 1.807) is 7.11 Å². The fourth-order valence-corrected chi connectivity index (χ4v) is 2.81. The predicted octanol–water partition coefficient (Wildman–Crippen LogP) is 5.00. The number of aromatic nitrogens is 1. The van der Waals surface area contributed by atoms with Crippen molar-refractivity contribution in [2.75, 3.05) is 7.11 Å². The molecule has 114 valence electrons. The Bertz CT molecular complexity index is 776. The van der Waals surface area contributed by atoms with Gasteiger partial charge in [-0.25, -0.2) is 0 Å². The number of fused-ring (bicyclic) bond motifs is 1. The van der Waals surface area contributed by atoms with Crippen LogP contribution in [-0.4, -0.2) is 11.7 Å². The average Bonchev–Trinajstić information content (AvgIpc) is 2.85. The van der Waals surface area contributed by atoms with Crippen molar-refractivity contribution < 1.29 is 4.74 Å². The lowest BCUT2D eigenvalue weighted by Crippen LogP contribution is -2.10. The topological polar surface area (TPSA) is 14.2 Å². The standard InChI is InChI=1S/C20H23NO/c1-20(2,3)16-11-9-15(10-12-16)13-21-14-19(22-4)17-7-5-6-8-18(17)21/h5-12,14H,13H2,1-4H3. The van der Waals surface area contributed by atoms with Gasteiger partial charge in [-0.15, -0.1) is 0 Å². The molecule has 2 heteroatoms. The number of benzene rings is 2. The van der Waals surface area contributed by atoms with Gasteiger partial charge >= 0.3 is 0 Å². The van der Waals surface area contributed by atoms with Gasteiger partial charge in [0.25, 0.3) is 0 Å². The van der Waals surface area contributed by atoms with Crippen LogP contribution >= 0.6 is 0 Å². The van der Waals surface area contributed by atoms with Crippen LogP contribution in [0.4, 0.5) is 0 Å². The second kappa shape index (κ2) is 5.53. The molecule has 0 aliphatic carbocycles. The van der Waals surface area contributed by atoms with Gasteiger partial charge in [0, 0.05) is 18.1 Å². The van der Waals surface area contributed by atoms with Crippen LogP contribution in [-0.2, 0) is 12.0 Å². The van der Waals surface area contributed by atoms with Crippen LogP contribution in [0.15, 0.2) is 54.7 Å². The van der Waals surface area contributed by atoms with Crippen molar-refractivity contribution in [2.45, 2.75) is 32.7 Å². The molecular formula is C20H23NO. The van der Waals surface area contributed by atoms with Crippen molar-refractivity contribution in [3.63, 3.8) is 0 Å². The third kappa shape index (κ3) is 2.74.